The standard InChI is InChI=1S/C17H25NO3/c1-3-11-21-15-6-4-5-14(12-15)16(17(19)20)18-9-7-13(2)8-10-18/h4-6,12-13,16H,3,7-11H2,1-2H3,(H,19,20). The normalized spacial score (nSPS) is 18.4. The Bertz CT molecular complexity index is 467. The first-order valence-corrected chi connectivity index (χ1v) is 7.81. The largest absolute Gasteiger partial charge is 0.494 e. The molecular weight excluding hydrogens is 266 g/mol. The summed E-state index contributed by atoms with van der Waals surface area (Å²) in [5.74, 6) is 0.665. The first-order valence-electron chi connectivity index (χ1n) is 7.81. The third kappa shape index (κ3) is 4.21. The third-order valence-electron chi connectivity index (χ3n) is 4.06. The second-order valence-corrected chi connectivity index (χ2v) is 5.88. The molecule has 0 aliphatic carbocycles. The molecule has 1 unspecified atom stereocenters. The van der Waals surface area contributed by atoms with Crippen LogP contribution in [0.5, 0.6) is 5.75 Å². The molecule has 1 atom stereocenters. The van der Waals surface area contributed by atoms with E-state index in [1.807, 2.05) is 24.3 Å². The minimum Gasteiger partial charge on any atom is -0.494 e. The molecule has 116 valence electrons. The van der Waals surface area contributed by atoms with E-state index in [1.165, 1.54) is 0 Å². The predicted molar refractivity (Wildman–Crippen MR) is 82.6 cm³/mol. The monoisotopic (exact) mass is 291 g/mol. The highest BCUT2D eigenvalue weighted by atomic mass is 16.5. The van der Waals surface area contributed by atoms with Crippen molar-refractivity contribution in [1.29, 1.82) is 0 Å². The molecule has 0 aromatic heterocycles. The van der Waals surface area contributed by atoms with Gasteiger partial charge in [0.2, 0.25) is 0 Å². The van der Waals surface area contributed by atoms with E-state index in [1.54, 1.807) is 0 Å². The average molecular weight is 291 g/mol. The van der Waals surface area contributed by atoms with Crippen LogP contribution in [0.25, 0.3) is 0 Å². The Morgan fingerprint density at radius 2 is 2.14 bits per heavy atom. The summed E-state index contributed by atoms with van der Waals surface area (Å²) in [4.78, 5) is 13.8. The van der Waals surface area contributed by atoms with Gasteiger partial charge in [-0.15, -0.1) is 0 Å². The molecule has 4 heteroatoms. The fourth-order valence-electron chi connectivity index (χ4n) is 2.79. The molecule has 0 amide bonds. The molecule has 0 saturated carbocycles. The number of carboxylic acids is 1. The number of piperidine rings is 1. The summed E-state index contributed by atoms with van der Waals surface area (Å²) >= 11 is 0. The molecule has 1 aromatic rings. The number of carboxylic acid groups (broad SMARTS) is 1. The quantitative estimate of drug-likeness (QED) is 0.873. The van der Waals surface area contributed by atoms with Gasteiger partial charge in [0.15, 0.2) is 0 Å². The molecular formula is C17H25NO3. The van der Waals surface area contributed by atoms with Crippen LogP contribution in [0.4, 0.5) is 0 Å². The summed E-state index contributed by atoms with van der Waals surface area (Å²) in [5.41, 5.74) is 0.811. The summed E-state index contributed by atoms with van der Waals surface area (Å²) < 4.78 is 5.62. The van der Waals surface area contributed by atoms with Gasteiger partial charge in [0.1, 0.15) is 11.8 Å². The van der Waals surface area contributed by atoms with E-state index in [4.69, 9.17) is 4.74 Å². The van der Waals surface area contributed by atoms with E-state index in [-0.39, 0.29) is 0 Å². The van der Waals surface area contributed by atoms with Gasteiger partial charge in [-0.25, -0.2) is 0 Å². The molecule has 1 aromatic carbocycles. The molecule has 1 saturated heterocycles. The minimum atomic E-state index is -0.780. The van der Waals surface area contributed by atoms with Crippen molar-refractivity contribution in [2.24, 2.45) is 5.92 Å². The molecule has 1 heterocycles. The molecule has 0 radical (unpaired) electrons. The zero-order valence-electron chi connectivity index (χ0n) is 12.9. The zero-order chi connectivity index (χ0) is 15.2. The maximum Gasteiger partial charge on any atom is 0.325 e. The highest BCUT2D eigenvalue weighted by Crippen LogP contribution is 2.29. The number of likely N-dealkylation sites (tertiary alicyclic amines) is 1. The van der Waals surface area contributed by atoms with Crippen LogP contribution >= 0.6 is 0 Å². The first kappa shape index (κ1) is 15.8. The number of rotatable bonds is 6. The topological polar surface area (TPSA) is 49.8 Å². The third-order valence-corrected chi connectivity index (χ3v) is 4.06. The lowest BCUT2D eigenvalue weighted by atomic mass is 9.95. The lowest BCUT2D eigenvalue weighted by Crippen LogP contribution is -2.39. The van der Waals surface area contributed by atoms with Crippen LogP contribution in [0, 0.1) is 5.92 Å². The van der Waals surface area contributed by atoms with Gasteiger partial charge in [0.05, 0.1) is 6.61 Å². The van der Waals surface area contributed by atoms with Crippen molar-refractivity contribution < 1.29 is 14.6 Å². The van der Waals surface area contributed by atoms with E-state index < -0.39 is 12.0 Å². The SMILES string of the molecule is CCCOc1cccc(C(C(=O)O)N2CCC(C)CC2)c1. The van der Waals surface area contributed by atoms with Gasteiger partial charge in [-0.2, -0.15) is 0 Å². The van der Waals surface area contributed by atoms with Crippen molar-refractivity contribution in [3.05, 3.63) is 29.8 Å². The molecule has 2 rings (SSSR count). The number of ether oxygens (including phenoxy) is 1. The minimum absolute atomic E-state index is 0.567. The van der Waals surface area contributed by atoms with Crippen molar-refractivity contribution in [3.8, 4) is 5.75 Å². The highest BCUT2D eigenvalue weighted by Gasteiger charge is 2.30. The molecule has 1 aliphatic heterocycles. The molecule has 1 fully saturated rings. The number of aliphatic carboxylic acids is 1. The Kier molecular flexibility index (Phi) is 5.62. The zero-order valence-corrected chi connectivity index (χ0v) is 12.9. The number of nitrogens with zero attached hydrogens (tertiary/aromatic N) is 1. The maximum atomic E-state index is 11.7. The van der Waals surface area contributed by atoms with Gasteiger partial charge >= 0.3 is 5.97 Å². The second kappa shape index (κ2) is 7.46. The Balaban J connectivity index is 2.16. The Morgan fingerprint density at radius 3 is 2.76 bits per heavy atom. The summed E-state index contributed by atoms with van der Waals surface area (Å²) in [6.07, 6.45) is 3.07. The van der Waals surface area contributed by atoms with Gasteiger partial charge in [0.25, 0.3) is 0 Å². The Hall–Kier alpha value is -1.55. The first-order chi connectivity index (χ1) is 10.1. The molecule has 1 N–H and O–H groups in total. The van der Waals surface area contributed by atoms with Gasteiger partial charge in [0, 0.05) is 0 Å². The van der Waals surface area contributed by atoms with Gasteiger partial charge in [-0.05, 0) is 56.0 Å². The Morgan fingerprint density at radius 1 is 1.43 bits per heavy atom. The average Bonchev–Trinajstić information content (AvgIpc) is 2.47. The van der Waals surface area contributed by atoms with Crippen LogP contribution in [0.1, 0.15) is 44.7 Å². The lowest BCUT2D eigenvalue weighted by molar-refractivity contribution is -0.144. The van der Waals surface area contributed by atoms with Gasteiger partial charge < -0.3 is 9.84 Å². The van der Waals surface area contributed by atoms with Crippen molar-refractivity contribution in [1.82, 2.24) is 4.90 Å². The van der Waals surface area contributed by atoms with Crippen molar-refractivity contribution in [3.63, 3.8) is 0 Å². The smallest absolute Gasteiger partial charge is 0.325 e. The summed E-state index contributed by atoms with van der Waals surface area (Å²) in [7, 11) is 0. The number of hydrogen-bond acceptors (Lipinski definition) is 3. The van der Waals surface area contributed by atoms with E-state index in [0.717, 1.165) is 43.7 Å². The Labute approximate surface area is 126 Å². The van der Waals surface area contributed by atoms with Crippen molar-refractivity contribution in [2.45, 2.75) is 39.2 Å². The van der Waals surface area contributed by atoms with E-state index >= 15 is 0 Å². The second-order valence-electron chi connectivity index (χ2n) is 5.88. The molecule has 1 aliphatic rings. The molecule has 0 spiro atoms. The fraction of sp³-hybridized carbons (Fsp3) is 0.588. The van der Waals surface area contributed by atoms with Crippen LogP contribution in [0.15, 0.2) is 24.3 Å². The van der Waals surface area contributed by atoms with Crippen LogP contribution in [-0.2, 0) is 4.79 Å². The van der Waals surface area contributed by atoms with Crippen LogP contribution < -0.4 is 4.74 Å². The van der Waals surface area contributed by atoms with Gasteiger partial charge in [-0.3, -0.25) is 9.69 Å². The number of benzene rings is 1. The molecule has 4 nitrogen and oxygen atoms in total. The van der Waals surface area contributed by atoms with Crippen molar-refractivity contribution in [2.75, 3.05) is 19.7 Å². The predicted octanol–water partition coefficient (Wildman–Crippen LogP) is 3.33. The number of carbonyl (C=O) groups is 1. The fourth-order valence-corrected chi connectivity index (χ4v) is 2.79. The van der Waals surface area contributed by atoms with E-state index in [2.05, 4.69) is 18.7 Å². The number of hydrogen-bond donors (Lipinski definition) is 1. The van der Waals surface area contributed by atoms with Crippen LogP contribution in [-0.4, -0.2) is 35.7 Å². The lowest BCUT2D eigenvalue weighted by Gasteiger charge is -2.34. The summed E-state index contributed by atoms with van der Waals surface area (Å²) in [5, 5.41) is 9.63. The van der Waals surface area contributed by atoms with Crippen LogP contribution in [0.2, 0.25) is 0 Å². The van der Waals surface area contributed by atoms with E-state index in [0.29, 0.717) is 12.5 Å². The molecule has 0 bridgehead atoms. The van der Waals surface area contributed by atoms with Crippen molar-refractivity contribution >= 4 is 5.97 Å². The van der Waals surface area contributed by atoms with Gasteiger partial charge in [-0.1, -0.05) is 26.0 Å². The highest BCUT2D eigenvalue weighted by molar-refractivity contribution is 5.75. The van der Waals surface area contributed by atoms with Crippen LogP contribution in [0.3, 0.4) is 0 Å². The maximum absolute atomic E-state index is 11.7. The molecule has 21 heavy (non-hydrogen) atoms. The summed E-state index contributed by atoms with van der Waals surface area (Å²) in [6.45, 7) is 6.63. The summed E-state index contributed by atoms with van der Waals surface area (Å²) in [6, 6.07) is 6.95. The van der Waals surface area contributed by atoms with E-state index in [9.17, 15) is 9.90 Å².